The molecule has 0 saturated carbocycles. The van der Waals surface area contributed by atoms with Gasteiger partial charge in [-0.05, 0) is 25.0 Å². The van der Waals surface area contributed by atoms with Crippen molar-refractivity contribution in [3.63, 3.8) is 0 Å². The van der Waals surface area contributed by atoms with Gasteiger partial charge in [0.1, 0.15) is 13.2 Å². The van der Waals surface area contributed by atoms with Crippen LogP contribution in [-0.4, -0.2) is 43.0 Å². The minimum atomic E-state index is -0.888. The molecule has 1 unspecified atom stereocenters. The summed E-state index contributed by atoms with van der Waals surface area (Å²) in [6.45, 7) is 9.68. The Labute approximate surface area is 330 Å². The molecule has 7 nitrogen and oxygen atoms in total. The SMILES string of the molecule is CCCCCCCCCCCCCCCC(=O)OCC(COC(=O)c1ccc(C(=O)C(C)(C)C)cc1)OC(=O)CCCCCCCCCCCCCCC. The van der Waals surface area contributed by atoms with Crippen molar-refractivity contribution in [1.82, 2.24) is 0 Å². The molecule has 0 fully saturated rings. The first-order valence-corrected chi connectivity index (χ1v) is 22.3. The molecule has 1 rings (SSSR count). The smallest absolute Gasteiger partial charge is 0.338 e. The van der Waals surface area contributed by atoms with Gasteiger partial charge in [0, 0.05) is 23.8 Å². The number of benzene rings is 1. The first-order chi connectivity index (χ1) is 26.1. The van der Waals surface area contributed by atoms with Crippen molar-refractivity contribution < 1.29 is 33.4 Å². The van der Waals surface area contributed by atoms with Crippen LogP contribution in [0.15, 0.2) is 24.3 Å². The predicted molar refractivity (Wildman–Crippen MR) is 222 cm³/mol. The lowest BCUT2D eigenvalue weighted by Crippen LogP contribution is -2.31. The zero-order chi connectivity index (χ0) is 39.7. The van der Waals surface area contributed by atoms with E-state index in [9.17, 15) is 19.2 Å². The second kappa shape index (κ2) is 32.5. The summed E-state index contributed by atoms with van der Waals surface area (Å²) in [5, 5.41) is 0. The second-order valence-corrected chi connectivity index (χ2v) is 16.5. The van der Waals surface area contributed by atoms with E-state index >= 15 is 0 Å². The molecule has 0 aromatic heterocycles. The number of carbonyl (C=O) groups excluding carboxylic acids is 4. The van der Waals surface area contributed by atoms with Gasteiger partial charge in [0.15, 0.2) is 11.9 Å². The van der Waals surface area contributed by atoms with E-state index in [0.717, 1.165) is 38.5 Å². The van der Waals surface area contributed by atoms with Gasteiger partial charge in [-0.15, -0.1) is 0 Å². The van der Waals surface area contributed by atoms with Gasteiger partial charge in [0.05, 0.1) is 5.56 Å². The van der Waals surface area contributed by atoms with E-state index < -0.39 is 17.5 Å². The number of unbranched alkanes of at least 4 members (excludes halogenated alkanes) is 24. The molecule has 0 spiro atoms. The quantitative estimate of drug-likeness (QED) is 0.0294. The Kier molecular flexibility index (Phi) is 29.7. The average Bonchev–Trinajstić information content (AvgIpc) is 3.15. The summed E-state index contributed by atoms with van der Waals surface area (Å²) >= 11 is 0. The Morgan fingerprint density at radius 2 is 0.796 bits per heavy atom. The maximum absolute atomic E-state index is 12.9. The third-order valence-corrected chi connectivity index (χ3v) is 10.2. The molecule has 310 valence electrons. The Morgan fingerprint density at radius 1 is 0.463 bits per heavy atom. The molecule has 1 atom stereocenters. The third-order valence-electron chi connectivity index (χ3n) is 10.2. The average molecular weight is 757 g/mol. The molecular formula is C47H80O7. The van der Waals surface area contributed by atoms with E-state index in [4.69, 9.17) is 14.2 Å². The molecule has 1 aromatic carbocycles. The van der Waals surface area contributed by atoms with Crippen molar-refractivity contribution in [2.24, 2.45) is 5.41 Å². The fraction of sp³-hybridized carbons (Fsp3) is 0.787. The Morgan fingerprint density at radius 3 is 1.19 bits per heavy atom. The first-order valence-electron chi connectivity index (χ1n) is 22.3. The summed E-state index contributed by atoms with van der Waals surface area (Å²) in [6.07, 6.45) is 31.6. The lowest BCUT2D eigenvalue weighted by Gasteiger charge is -2.18. The zero-order valence-electron chi connectivity index (χ0n) is 35.5. The molecule has 0 saturated heterocycles. The molecule has 0 N–H and O–H groups in total. The fourth-order valence-corrected chi connectivity index (χ4v) is 6.64. The minimum Gasteiger partial charge on any atom is -0.462 e. The van der Waals surface area contributed by atoms with Gasteiger partial charge in [-0.2, -0.15) is 0 Å². The van der Waals surface area contributed by atoms with E-state index in [1.807, 2.05) is 20.8 Å². The van der Waals surface area contributed by atoms with Crippen LogP contribution in [0.1, 0.15) is 235 Å². The van der Waals surface area contributed by atoms with E-state index in [1.54, 1.807) is 24.3 Å². The second-order valence-electron chi connectivity index (χ2n) is 16.5. The van der Waals surface area contributed by atoms with Gasteiger partial charge in [0.25, 0.3) is 0 Å². The van der Waals surface area contributed by atoms with Gasteiger partial charge in [-0.3, -0.25) is 14.4 Å². The number of ether oxygens (including phenoxy) is 3. The van der Waals surface area contributed by atoms with E-state index in [1.165, 1.54) is 128 Å². The number of hydrogen-bond donors (Lipinski definition) is 0. The van der Waals surface area contributed by atoms with Crippen molar-refractivity contribution in [3.05, 3.63) is 35.4 Å². The Balaban J connectivity index is 2.44. The molecule has 7 heteroatoms. The van der Waals surface area contributed by atoms with Crippen molar-refractivity contribution >= 4 is 23.7 Å². The summed E-state index contributed by atoms with van der Waals surface area (Å²) in [5.41, 5.74) is 0.280. The monoisotopic (exact) mass is 757 g/mol. The summed E-state index contributed by atoms with van der Waals surface area (Å²) in [4.78, 5) is 50.8. The highest BCUT2D eigenvalue weighted by molar-refractivity contribution is 6.00. The summed E-state index contributed by atoms with van der Waals surface area (Å²) in [5.74, 6) is -1.32. The molecule has 0 heterocycles. The van der Waals surface area contributed by atoms with Crippen LogP contribution >= 0.6 is 0 Å². The predicted octanol–water partition coefficient (Wildman–Crippen LogP) is 13.5. The lowest BCUT2D eigenvalue weighted by atomic mass is 9.86. The molecular weight excluding hydrogens is 677 g/mol. The zero-order valence-corrected chi connectivity index (χ0v) is 35.5. The molecule has 0 aliphatic carbocycles. The highest BCUT2D eigenvalue weighted by atomic mass is 16.6. The van der Waals surface area contributed by atoms with Gasteiger partial charge < -0.3 is 14.2 Å². The molecule has 1 aromatic rings. The highest BCUT2D eigenvalue weighted by Gasteiger charge is 2.24. The molecule has 0 bridgehead atoms. The van der Waals surface area contributed by atoms with Crippen LogP contribution in [0.2, 0.25) is 0 Å². The van der Waals surface area contributed by atoms with Crippen LogP contribution in [0.5, 0.6) is 0 Å². The van der Waals surface area contributed by atoms with Crippen LogP contribution in [0.25, 0.3) is 0 Å². The highest BCUT2D eigenvalue weighted by Crippen LogP contribution is 2.21. The van der Waals surface area contributed by atoms with Crippen LogP contribution in [-0.2, 0) is 23.8 Å². The van der Waals surface area contributed by atoms with E-state index in [-0.39, 0.29) is 42.9 Å². The molecule has 54 heavy (non-hydrogen) atoms. The normalized spacial score (nSPS) is 12.0. The van der Waals surface area contributed by atoms with Crippen molar-refractivity contribution in [2.45, 2.75) is 221 Å². The molecule has 0 aliphatic heterocycles. The van der Waals surface area contributed by atoms with Gasteiger partial charge in [-0.1, -0.05) is 201 Å². The van der Waals surface area contributed by atoms with Crippen LogP contribution in [0.4, 0.5) is 0 Å². The summed E-state index contributed by atoms with van der Waals surface area (Å²) in [7, 11) is 0. The van der Waals surface area contributed by atoms with Crippen molar-refractivity contribution in [3.8, 4) is 0 Å². The maximum atomic E-state index is 12.9. The van der Waals surface area contributed by atoms with Crippen LogP contribution < -0.4 is 0 Å². The van der Waals surface area contributed by atoms with E-state index in [2.05, 4.69) is 13.8 Å². The molecule has 0 radical (unpaired) electrons. The van der Waals surface area contributed by atoms with Crippen molar-refractivity contribution in [2.75, 3.05) is 13.2 Å². The van der Waals surface area contributed by atoms with E-state index in [0.29, 0.717) is 12.0 Å². The van der Waals surface area contributed by atoms with Gasteiger partial charge in [0.2, 0.25) is 0 Å². The number of hydrogen-bond acceptors (Lipinski definition) is 7. The Hall–Kier alpha value is -2.70. The first kappa shape index (κ1) is 49.3. The number of esters is 3. The fourth-order valence-electron chi connectivity index (χ4n) is 6.64. The molecule has 0 aliphatic rings. The number of Topliss-reactive ketones (excluding diaryl/α,β-unsaturated/α-hetero) is 1. The largest absolute Gasteiger partial charge is 0.462 e. The number of carbonyl (C=O) groups is 4. The molecule has 0 amide bonds. The maximum Gasteiger partial charge on any atom is 0.338 e. The van der Waals surface area contributed by atoms with Crippen LogP contribution in [0, 0.1) is 5.41 Å². The van der Waals surface area contributed by atoms with Crippen molar-refractivity contribution in [1.29, 1.82) is 0 Å². The standard InChI is InChI=1S/C47H80O7/c1-6-8-10-12-14-16-18-20-22-24-26-28-30-32-43(48)52-38-42(39-53-46(51)41-36-34-40(35-37-41)45(50)47(3,4)5)54-44(49)33-31-29-27-25-23-21-19-17-15-13-11-9-7-2/h34-37,42H,6-33,38-39H2,1-5H3. The third kappa shape index (κ3) is 27.0. The van der Waals surface area contributed by atoms with Crippen LogP contribution in [0.3, 0.4) is 0 Å². The van der Waals surface area contributed by atoms with Gasteiger partial charge >= 0.3 is 17.9 Å². The topological polar surface area (TPSA) is 96.0 Å². The summed E-state index contributed by atoms with van der Waals surface area (Å²) in [6, 6.07) is 6.37. The van der Waals surface area contributed by atoms with Gasteiger partial charge in [-0.25, -0.2) is 4.79 Å². The lowest BCUT2D eigenvalue weighted by molar-refractivity contribution is -0.161. The minimum absolute atomic E-state index is 0.0153. The summed E-state index contributed by atoms with van der Waals surface area (Å²) < 4.78 is 16.7. The Bertz CT molecular complexity index is 1100. The number of ketones is 1. The number of rotatable bonds is 35.